The van der Waals surface area contributed by atoms with Crippen molar-refractivity contribution in [1.82, 2.24) is 0 Å². The van der Waals surface area contributed by atoms with Gasteiger partial charge in [-0.15, -0.1) is 0 Å². The SMILES string of the molecule is CCC12CC1c1ccc(C(C)C)cc1NC2=O. The summed E-state index contributed by atoms with van der Waals surface area (Å²) in [4.78, 5) is 12.1. The van der Waals surface area contributed by atoms with Crippen molar-refractivity contribution in [3.05, 3.63) is 29.3 Å². The van der Waals surface area contributed by atoms with E-state index in [-0.39, 0.29) is 11.3 Å². The maximum absolute atomic E-state index is 12.1. The van der Waals surface area contributed by atoms with Crippen molar-refractivity contribution in [2.45, 2.75) is 45.4 Å². The van der Waals surface area contributed by atoms with Crippen LogP contribution in [0.3, 0.4) is 0 Å². The molecule has 0 saturated heterocycles. The first-order valence-corrected chi connectivity index (χ1v) is 6.54. The highest BCUT2D eigenvalue weighted by molar-refractivity contribution is 6.02. The number of carbonyl (C=O) groups excluding carboxylic acids is 1. The molecule has 1 fully saturated rings. The van der Waals surface area contributed by atoms with E-state index in [4.69, 9.17) is 0 Å². The normalized spacial score (nSPS) is 29.6. The molecule has 17 heavy (non-hydrogen) atoms. The first-order valence-electron chi connectivity index (χ1n) is 6.54. The zero-order valence-corrected chi connectivity index (χ0v) is 10.7. The van der Waals surface area contributed by atoms with Crippen molar-refractivity contribution in [3.63, 3.8) is 0 Å². The average molecular weight is 229 g/mol. The van der Waals surface area contributed by atoms with Crippen molar-refractivity contribution < 1.29 is 4.79 Å². The van der Waals surface area contributed by atoms with Gasteiger partial charge < -0.3 is 5.32 Å². The maximum atomic E-state index is 12.1. The van der Waals surface area contributed by atoms with Crippen LogP contribution < -0.4 is 5.32 Å². The quantitative estimate of drug-likeness (QED) is 0.824. The third-order valence-corrected chi connectivity index (χ3v) is 4.53. The summed E-state index contributed by atoms with van der Waals surface area (Å²) in [5, 5.41) is 3.10. The Morgan fingerprint density at radius 1 is 1.47 bits per heavy atom. The van der Waals surface area contributed by atoms with Crippen LogP contribution in [0.15, 0.2) is 18.2 Å². The van der Waals surface area contributed by atoms with E-state index in [1.807, 2.05) is 0 Å². The minimum absolute atomic E-state index is 0.0770. The third kappa shape index (κ3) is 1.36. The molecule has 3 rings (SSSR count). The third-order valence-electron chi connectivity index (χ3n) is 4.53. The molecule has 1 saturated carbocycles. The Bertz CT molecular complexity index is 492. The molecule has 2 unspecified atom stereocenters. The van der Waals surface area contributed by atoms with Gasteiger partial charge in [0.1, 0.15) is 0 Å². The van der Waals surface area contributed by atoms with Gasteiger partial charge in [0.05, 0.1) is 5.41 Å². The standard InChI is InChI=1S/C15H19NO/c1-4-15-8-12(15)11-6-5-10(9(2)3)7-13(11)16-14(15)17/h5-7,9,12H,4,8H2,1-3H3,(H,16,17). The van der Waals surface area contributed by atoms with Crippen LogP contribution in [-0.2, 0) is 4.79 Å². The molecule has 1 aromatic rings. The maximum Gasteiger partial charge on any atom is 0.231 e. The van der Waals surface area contributed by atoms with Crippen molar-refractivity contribution in [1.29, 1.82) is 0 Å². The lowest BCUT2D eigenvalue weighted by Gasteiger charge is -2.24. The average Bonchev–Trinajstić information content (AvgIpc) is 3.05. The summed E-state index contributed by atoms with van der Waals surface area (Å²) >= 11 is 0. The molecule has 1 aliphatic heterocycles. The molecule has 2 nitrogen and oxygen atoms in total. The predicted octanol–water partition coefficient (Wildman–Crippen LogP) is 3.65. The van der Waals surface area contributed by atoms with Gasteiger partial charge in [0.25, 0.3) is 0 Å². The minimum atomic E-state index is -0.0770. The largest absolute Gasteiger partial charge is 0.325 e. The minimum Gasteiger partial charge on any atom is -0.325 e. The predicted molar refractivity (Wildman–Crippen MR) is 69.2 cm³/mol. The second kappa shape index (κ2) is 3.34. The van der Waals surface area contributed by atoms with Gasteiger partial charge in [-0.1, -0.05) is 32.9 Å². The highest BCUT2D eigenvalue weighted by Gasteiger charge is 2.61. The Hall–Kier alpha value is -1.31. The van der Waals surface area contributed by atoms with E-state index in [1.165, 1.54) is 11.1 Å². The Balaban J connectivity index is 2.03. The first kappa shape index (κ1) is 10.8. The van der Waals surface area contributed by atoms with Crippen LogP contribution in [0.4, 0.5) is 5.69 Å². The summed E-state index contributed by atoms with van der Waals surface area (Å²) in [5.74, 6) is 1.21. The molecular weight excluding hydrogens is 210 g/mol. The summed E-state index contributed by atoms with van der Waals surface area (Å²) in [6.45, 7) is 6.48. The van der Waals surface area contributed by atoms with E-state index >= 15 is 0 Å². The number of carbonyl (C=O) groups is 1. The number of nitrogens with one attached hydrogen (secondary N) is 1. The van der Waals surface area contributed by atoms with E-state index in [0.29, 0.717) is 11.8 Å². The number of fused-ring (bicyclic) bond motifs is 3. The van der Waals surface area contributed by atoms with Crippen LogP contribution >= 0.6 is 0 Å². The van der Waals surface area contributed by atoms with Gasteiger partial charge in [-0.05, 0) is 36.0 Å². The molecular formula is C15H19NO. The fourth-order valence-corrected chi connectivity index (χ4v) is 3.11. The van der Waals surface area contributed by atoms with Crippen LogP contribution in [0.1, 0.15) is 56.6 Å². The summed E-state index contributed by atoms with van der Waals surface area (Å²) in [7, 11) is 0. The molecule has 1 aromatic carbocycles. The molecule has 1 N–H and O–H groups in total. The molecule has 90 valence electrons. The number of anilines is 1. The zero-order valence-electron chi connectivity index (χ0n) is 10.7. The summed E-state index contributed by atoms with van der Waals surface area (Å²) in [6, 6.07) is 6.57. The van der Waals surface area contributed by atoms with Gasteiger partial charge in [0.15, 0.2) is 0 Å². The summed E-state index contributed by atoms with van der Waals surface area (Å²) in [6.07, 6.45) is 1.98. The summed E-state index contributed by atoms with van der Waals surface area (Å²) in [5.41, 5.74) is 3.61. The Morgan fingerprint density at radius 3 is 2.88 bits per heavy atom. The van der Waals surface area contributed by atoms with Crippen molar-refractivity contribution >= 4 is 11.6 Å². The molecule has 2 aliphatic rings. The lowest BCUT2D eigenvalue weighted by atomic mass is 9.89. The molecule has 0 aromatic heterocycles. The van der Waals surface area contributed by atoms with Crippen molar-refractivity contribution in [2.24, 2.45) is 5.41 Å². The second-order valence-corrected chi connectivity index (χ2v) is 5.72. The highest BCUT2D eigenvalue weighted by atomic mass is 16.2. The lowest BCUT2D eigenvalue weighted by Crippen LogP contribution is -2.29. The summed E-state index contributed by atoms with van der Waals surface area (Å²) < 4.78 is 0. The van der Waals surface area contributed by atoms with E-state index in [9.17, 15) is 4.79 Å². The van der Waals surface area contributed by atoms with E-state index in [0.717, 1.165) is 18.5 Å². The number of hydrogen-bond donors (Lipinski definition) is 1. The molecule has 1 aliphatic carbocycles. The fourth-order valence-electron chi connectivity index (χ4n) is 3.11. The van der Waals surface area contributed by atoms with Crippen LogP contribution in [0, 0.1) is 5.41 Å². The smallest absolute Gasteiger partial charge is 0.231 e. The van der Waals surface area contributed by atoms with Gasteiger partial charge in [-0.3, -0.25) is 4.79 Å². The first-order chi connectivity index (χ1) is 8.08. The zero-order chi connectivity index (χ0) is 12.2. The highest BCUT2D eigenvalue weighted by Crippen LogP contribution is 2.65. The number of benzene rings is 1. The van der Waals surface area contributed by atoms with Gasteiger partial charge in [0.2, 0.25) is 5.91 Å². The van der Waals surface area contributed by atoms with Gasteiger partial charge >= 0.3 is 0 Å². The van der Waals surface area contributed by atoms with Crippen LogP contribution in [0.25, 0.3) is 0 Å². The molecule has 0 spiro atoms. The van der Waals surface area contributed by atoms with Crippen molar-refractivity contribution in [2.75, 3.05) is 5.32 Å². The Labute approximate surface area is 102 Å². The van der Waals surface area contributed by atoms with E-state index in [2.05, 4.69) is 44.3 Å². The monoisotopic (exact) mass is 229 g/mol. The molecule has 0 bridgehead atoms. The van der Waals surface area contributed by atoms with Crippen LogP contribution in [0.2, 0.25) is 0 Å². The Morgan fingerprint density at radius 2 is 2.24 bits per heavy atom. The van der Waals surface area contributed by atoms with Crippen LogP contribution in [0.5, 0.6) is 0 Å². The molecule has 0 radical (unpaired) electrons. The van der Waals surface area contributed by atoms with E-state index < -0.39 is 0 Å². The van der Waals surface area contributed by atoms with Crippen LogP contribution in [-0.4, -0.2) is 5.91 Å². The molecule has 2 heteroatoms. The van der Waals surface area contributed by atoms with Gasteiger partial charge in [0, 0.05) is 11.6 Å². The van der Waals surface area contributed by atoms with Crippen molar-refractivity contribution in [3.8, 4) is 0 Å². The topological polar surface area (TPSA) is 29.1 Å². The molecule has 1 heterocycles. The van der Waals surface area contributed by atoms with Gasteiger partial charge in [-0.25, -0.2) is 0 Å². The second-order valence-electron chi connectivity index (χ2n) is 5.72. The lowest BCUT2D eigenvalue weighted by molar-refractivity contribution is -0.121. The fraction of sp³-hybridized carbons (Fsp3) is 0.533. The number of amides is 1. The molecule has 2 atom stereocenters. The number of hydrogen-bond acceptors (Lipinski definition) is 1. The van der Waals surface area contributed by atoms with E-state index in [1.54, 1.807) is 0 Å². The molecule has 1 amide bonds. The number of rotatable bonds is 2. The Kier molecular flexibility index (Phi) is 2.13. The van der Waals surface area contributed by atoms with Gasteiger partial charge in [-0.2, -0.15) is 0 Å².